The molecule has 0 bridgehead atoms. The molecule has 0 rings (SSSR count). The van der Waals surface area contributed by atoms with Crippen LogP contribution in [0.4, 0.5) is 0 Å². The topological polar surface area (TPSA) is 95.9 Å². The van der Waals surface area contributed by atoms with Crippen molar-refractivity contribution in [2.75, 3.05) is 13.2 Å². The molecule has 0 aliphatic heterocycles. The van der Waals surface area contributed by atoms with Gasteiger partial charge in [-0.25, -0.2) is 0 Å². The summed E-state index contributed by atoms with van der Waals surface area (Å²) in [5, 5.41) is 23.2. The minimum absolute atomic E-state index is 0.0299. The van der Waals surface area contributed by atoms with Gasteiger partial charge in [0.15, 0.2) is 0 Å². The van der Waals surface area contributed by atoms with E-state index in [1.54, 1.807) is 0 Å². The molecule has 0 heterocycles. The number of esters is 1. The second-order valence-electron chi connectivity index (χ2n) is 18.6. The summed E-state index contributed by atoms with van der Waals surface area (Å²) in [6.45, 7) is 4.89. The Bertz CT molecular complexity index is 951. The van der Waals surface area contributed by atoms with Crippen molar-refractivity contribution in [2.24, 2.45) is 0 Å². The van der Waals surface area contributed by atoms with Gasteiger partial charge in [-0.1, -0.05) is 218 Å². The van der Waals surface area contributed by atoms with E-state index >= 15 is 0 Å². The number of carbonyl (C=O) groups is 2. The summed E-state index contributed by atoms with van der Waals surface area (Å²) >= 11 is 0. The Morgan fingerprint density at radius 1 is 0.443 bits per heavy atom. The highest BCUT2D eigenvalue weighted by Crippen LogP contribution is 2.16. The molecule has 6 nitrogen and oxygen atoms in total. The maximum Gasteiger partial charge on any atom is 0.305 e. The summed E-state index contributed by atoms with van der Waals surface area (Å²) in [5.74, 6) is -0.0900. The van der Waals surface area contributed by atoms with E-state index in [0.717, 1.165) is 77.0 Å². The smallest absolute Gasteiger partial charge is 0.305 e. The van der Waals surface area contributed by atoms with Crippen LogP contribution in [0.25, 0.3) is 0 Å². The van der Waals surface area contributed by atoms with Gasteiger partial charge in [0.2, 0.25) is 5.91 Å². The highest BCUT2D eigenvalue weighted by Gasteiger charge is 2.20. The number of carbonyl (C=O) groups excluding carboxylic acids is 2. The number of unbranched alkanes of at least 4 members (excludes halogenated alkanes) is 35. The van der Waals surface area contributed by atoms with Crippen molar-refractivity contribution in [1.29, 1.82) is 0 Å². The molecule has 61 heavy (non-hydrogen) atoms. The van der Waals surface area contributed by atoms with Gasteiger partial charge in [0.05, 0.1) is 25.4 Å². The van der Waals surface area contributed by atoms with Crippen molar-refractivity contribution in [3.63, 3.8) is 0 Å². The normalized spacial score (nSPS) is 12.8. The van der Waals surface area contributed by atoms with E-state index in [2.05, 4.69) is 43.5 Å². The van der Waals surface area contributed by atoms with Crippen LogP contribution in [-0.2, 0) is 14.3 Å². The second kappa shape index (κ2) is 51.0. The van der Waals surface area contributed by atoms with E-state index < -0.39 is 12.1 Å². The van der Waals surface area contributed by atoms with Crippen molar-refractivity contribution in [3.05, 3.63) is 24.3 Å². The maximum absolute atomic E-state index is 12.5. The molecule has 0 spiro atoms. The van der Waals surface area contributed by atoms with E-state index in [1.165, 1.54) is 180 Å². The number of nitrogens with one attached hydrogen (secondary N) is 1. The number of aliphatic hydroxyl groups is 2. The molecule has 2 atom stereocenters. The zero-order valence-electron chi connectivity index (χ0n) is 40.9. The Kier molecular flexibility index (Phi) is 49.6. The number of hydrogen-bond acceptors (Lipinski definition) is 5. The fraction of sp³-hybridized carbons (Fsp3) is 0.891. The Balaban J connectivity index is 3.50. The van der Waals surface area contributed by atoms with Gasteiger partial charge in [-0.3, -0.25) is 9.59 Å². The average Bonchev–Trinajstić information content (AvgIpc) is 3.26. The monoisotopic (exact) mass is 860 g/mol. The lowest BCUT2D eigenvalue weighted by Gasteiger charge is -2.22. The molecule has 0 aromatic rings. The summed E-state index contributed by atoms with van der Waals surface area (Å²) in [6.07, 6.45) is 60.1. The van der Waals surface area contributed by atoms with Crippen LogP contribution < -0.4 is 5.32 Å². The fourth-order valence-electron chi connectivity index (χ4n) is 8.28. The Labute approximate surface area is 380 Å². The van der Waals surface area contributed by atoms with E-state index in [1.807, 2.05) is 0 Å². The molecule has 0 fully saturated rings. The van der Waals surface area contributed by atoms with Crippen LogP contribution in [0.3, 0.4) is 0 Å². The van der Waals surface area contributed by atoms with Gasteiger partial charge in [-0.2, -0.15) is 0 Å². The quantitative estimate of drug-likeness (QED) is 0.0322. The zero-order chi connectivity index (χ0) is 44.4. The molecule has 6 heteroatoms. The van der Waals surface area contributed by atoms with Crippen LogP contribution >= 0.6 is 0 Å². The summed E-state index contributed by atoms with van der Waals surface area (Å²) in [7, 11) is 0. The van der Waals surface area contributed by atoms with E-state index in [9.17, 15) is 19.8 Å². The molecule has 0 saturated carbocycles. The number of aliphatic hydroxyl groups excluding tert-OH is 2. The fourth-order valence-corrected chi connectivity index (χ4v) is 8.28. The SMILES string of the molecule is CCCCCCCCC/C=C\CCCCCCCC(=O)OCCCCC/C=C\CCCCCCCC(=O)NC(CO)C(O)CCCCCCCCCCCCCCCCCC. The van der Waals surface area contributed by atoms with Gasteiger partial charge in [0, 0.05) is 12.8 Å². The minimum Gasteiger partial charge on any atom is -0.466 e. The van der Waals surface area contributed by atoms with E-state index in [0.29, 0.717) is 25.9 Å². The van der Waals surface area contributed by atoms with Crippen molar-refractivity contribution < 1.29 is 24.5 Å². The van der Waals surface area contributed by atoms with Crippen LogP contribution in [0.2, 0.25) is 0 Å². The van der Waals surface area contributed by atoms with Gasteiger partial charge in [-0.15, -0.1) is 0 Å². The lowest BCUT2D eigenvalue weighted by atomic mass is 10.0. The summed E-state index contributed by atoms with van der Waals surface area (Å²) < 4.78 is 5.45. The lowest BCUT2D eigenvalue weighted by molar-refractivity contribution is -0.143. The molecule has 2 unspecified atom stereocenters. The van der Waals surface area contributed by atoms with Gasteiger partial charge in [-0.05, 0) is 83.5 Å². The molecule has 0 aromatic carbocycles. The molecular weight excluding hydrogens is 755 g/mol. The largest absolute Gasteiger partial charge is 0.466 e. The van der Waals surface area contributed by atoms with Crippen LogP contribution in [0.5, 0.6) is 0 Å². The standard InChI is InChI=1S/C55H105NO5/c1-3-5-7-9-11-13-15-17-19-21-23-27-31-35-39-43-47-53(58)52(51-57)56-54(59)48-44-40-36-32-28-25-26-30-34-38-42-46-50-61-55(60)49-45-41-37-33-29-24-22-20-18-16-14-12-10-8-6-4-2/h20,22,26,30,52-53,57-58H,3-19,21,23-25,27-29,31-51H2,1-2H3,(H,56,59)/b22-20-,30-26-. The minimum atomic E-state index is -0.680. The molecule has 0 saturated heterocycles. The number of amides is 1. The van der Waals surface area contributed by atoms with Gasteiger partial charge >= 0.3 is 5.97 Å². The molecule has 0 aliphatic rings. The van der Waals surface area contributed by atoms with E-state index in [-0.39, 0.29) is 18.5 Å². The highest BCUT2D eigenvalue weighted by atomic mass is 16.5. The van der Waals surface area contributed by atoms with Crippen molar-refractivity contribution in [1.82, 2.24) is 5.32 Å². The van der Waals surface area contributed by atoms with Gasteiger partial charge in [0.25, 0.3) is 0 Å². The van der Waals surface area contributed by atoms with Gasteiger partial charge in [0.1, 0.15) is 0 Å². The first-order chi connectivity index (χ1) is 30.0. The number of hydrogen-bond donors (Lipinski definition) is 3. The summed E-state index contributed by atoms with van der Waals surface area (Å²) in [6, 6.07) is -0.560. The third-order valence-electron chi connectivity index (χ3n) is 12.5. The molecule has 0 radical (unpaired) electrons. The average molecular weight is 860 g/mol. The first-order valence-electron chi connectivity index (χ1n) is 27.1. The third-order valence-corrected chi connectivity index (χ3v) is 12.5. The zero-order valence-corrected chi connectivity index (χ0v) is 40.9. The molecular formula is C55H105NO5. The predicted molar refractivity (Wildman–Crippen MR) is 264 cm³/mol. The summed E-state index contributed by atoms with van der Waals surface area (Å²) in [5.41, 5.74) is 0. The van der Waals surface area contributed by atoms with Crippen LogP contribution in [-0.4, -0.2) is 47.4 Å². The van der Waals surface area contributed by atoms with Crippen molar-refractivity contribution >= 4 is 11.9 Å². The maximum atomic E-state index is 12.5. The summed E-state index contributed by atoms with van der Waals surface area (Å²) in [4.78, 5) is 24.5. The Hall–Kier alpha value is -1.66. The molecule has 0 aromatic heterocycles. The van der Waals surface area contributed by atoms with Crippen LogP contribution in [0, 0.1) is 0 Å². The second-order valence-corrected chi connectivity index (χ2v) is 18.6. The van der Waals surface area contributed by atoms with Crippen molar-refractivity contribution in [2.45, 2.75) is 302 Å². The van der Waals surface area contributed by atoms with Crippen molar-refractivity contribution in [3.8, 4) is 0 Å². The molecule has 3 N–H and O–H groups in total. The first-order valence-corrected chi connectivity index (χ1v) is 27.1. The number of ether oxygens (including phenoxy) is 1. The number of rotatable bonds is 50. The van der Waals surface area contributed by atoms with E-state index in [4.69, 9.17) is 4.74 Å². The Morgan fingerprint density at radius 3 is 1.16 bits per heavy atom. The molecule has 360 valence electrons. The Morgan fingerprint density at radius 2 is 0.770 bits per heavy atom. The molecule has 0 aliphatic carbocycles. The highest BCUT2D eigenvalue weighted by molar-refractivity contribution is 5.76. The van der Waals surface area contributed by atoms with Crippen LogP contribution in [0.1, 0.15) is 290 Å². The molecule has 1 amide bonds. The number of allylic oxidation sites excluding steroid dienone is 4. The first kappa shape index (κ1) is 59.3. The third kappa shape index (κ3) is 47.7. The van der Waals surface area contributed by atoms with Gasteiger partial charge < -0.3 is 20.3 Å². The lowest BCUT2D eigenvalue weighted by Crippen LogP contribution is -2.45. The van der Waals surface area contributed by atoms with Crippen LogP contribution in [0.15, 0.2) is 24.3 Å². The predicted octanol–water partition coefficient (Wildman–Crippen LogP) is 16.3.